The van der Waals surface area contributed by atoms with Crippen molar-refractivity contribution in [3.05, 3.63) is 60.2 Å². The number of para-hydroxylation sites is 1. The number of aromatic nitrogens is 1. The van der Waals surface area contributed by atoms with Crippen molar-refractivity contribution in [2.75, 3.05) is 0 Å². The fourth-order valence-corrected chi connectivity index (χ4v) is 8.44. The highest BCUT2D eigenvalue weighted by molar-refractivity contribution is 6.27. The van der Waals surface area contributed by atoms with Gasteiger partial charge in [0.1, 0.15) is 11.2 Å². The van der Waals surface area contributed by atoms with E-state index in [2.05, 4.69) is 66.2 Å². The van der Waals surface area contributed by atoms with Crippen molar-refractivity contribution in [1.82, 2.24) is 4.57 Å². The van der Waals surface area contributed by atoms with Crippen LogP contribution in [-0.2, 0) is 12.5 Å². The summed E-state index contributed by atoms with van der Waals surface area (Å²) in [5.74, 6) is 2.83. The maximum absolute atomic E-state index is 6.51. The van der Waals surface area contributed by atoms with Gasteiger partial charge in [0, 0.05) is 39.6 Å². The van der Waals surface area contributed by atoms with E-state index in [0.717, 1.165) is 28.9 Å². The van der Waals surface area contributed by atoms with E-state index in [1.807, 2.05) is 0 Å². The van der Waals surface area contributed by atoms with Gasteiger partial charge in [-0.1, -0.05) is 30.3 Å². The summed E-state index contributed by atoms with van der Waals surface area (Å²) in [6.07, 6.45) is 8.60. The van der Waals surface area contributed by atoms with Crippen molar-refractivity contribution < 1.29 is 4.42 Å². The minimum absolute atomic E-state index is 0.359. The van der Waals surface area contributed by atoms with Gasteiger partial charge in [-0.25, -0.2) is 0 Å². The summed E-state index contributed by atoms with van der Waals surface area (Å²) in [6.45, 7) is 0. The monoisotopic (exact) mass is 405 g/mol. The molecular formula is C29H27NO. The first-order valence-corrected chi connectivity index (χ1v) is 12.0. The predicted octanol–water partition coefficient (Wildman–Crippen LogP) is 7.70. The SMILES string of the molecule is Cn1c2ccccc2c2c3c(ccc21)oc1cccc(C24CC5CC(CC(C5)C2)C4)c13. The first-order valence-electron chi connectivity index (χ1n) is 12.0. The normalized spacial score (nSPS) is 29.8. The van der Waals surface area contributed by atoms with Gasteiger partial charge >= 0.3 is 0 Å². The van der Waals surface area contributed by atoms with Gasteiger partial charge < -0.3 is 8.98 Å². The highest BCUT2D eigenvalue weighted by Crippen LogP contribution is 2.62. The molecule has 9 rings (SSSR count). The van der Waals surface area contributed by atoms with Crippen molar-refractivity contribution in [1.29, 1.82) is 0 Å². The van der Waals surface area contributed by atoms with Gasteiger partial charge in [-0.3, -0.25) is 0 Å². The molecular weight excluding hydrogens is 378 g/mol. The van der Waals surface area contributed by atoms with Gasteiger partial charge in [0.05, 0.1) is 0 Å². The van der Waals surface area contributed by atoms with Gasteiger partial charge in [-0.2, -0.15) is 0 Å². The average molecular weight is 406 g/mol. The zero-order valence-corrected chi connectivity index (χ0v) is 18.0. The second-order valence-corrected chi connectivity index (χ2v) is 10.9. The molecule has 4 saturated carbocycles. The molecule has 0 atom stereocenters. The fourth-order valence-electron chi connectivity index (χ4n) is 8.44. The summed E-state index contributed by atoms with van der Waals surface area (Å²) >= 11 is 0. The number of fused-ring (bicyclic) bond motifs is 7. The number of benzene rings is 3. The molecule has 4 aliphatic rings. The summed E-state index contributed by atoms with van der Waals surface area (Å²) < 4.78 is 8.86. The van der Waals surface area contributed by atoms with E-state index >= 15 is 0 Å². The van der Waals surface area contributed by atoms with Crippen molar-refractivity contribution in [3.8, 4) is 0 Å². The number of hydrogen-bond donors (Lipinski definition) is 0. The van der Waals surface area contributed by atoms with E-state index in [1.54, 1.807) is 5.56 Å². The van der Waals surface area contributed by atoms with Gasteiger partial charge in [0.25, 0.3) is 0 Å². The smallest absolute Gasteiger partial charge is 0.136 e. The molecule has 154 valence electrons. The fraction of sp³-hybridized carbons (Fsp3) is 0.379. The quantitative estimate of drug-likeness (QED) is 0.279. The maximum Gasteiger partial charge on any atom is 0.136 e. The van der Waals surface area contributed by atoms with Crippen LogP contribution in [0.15, 0.2) is 59.0 Å². The molecule has 0 unspecified atom stereocenters. The molecule has 0 spiro atoms. The second-order valence-electron chi connectivity index (χ2n) is 10.9. The molecule has 2 heteroatoms. The standard InChI is InChI=1S/C29H27NO/c1-30-22-7-3-2-5-20(22)26-23(30)9-10-25-28(26)27-21(6-4-8-24(27)31-25)29-14-17-11-18(15-29)13-19(12-17)16-29/h2-10,17-19H,11-16H2,1H3. The van der Waals surface area contributed by atoms with Crippen molar-refractivity contribution in [2.45, 2.75) is 43.9 Å². The van der Waals surface area contributed by atoms with Crippen LogP contribution >= 0.6 is 0 Å². The average Bonchev–Trinajstić information content (AvgIpc) is 3.28. The summed E-state index contributed by atoms with van der Waals surface area (Å²) in [5, 5.41) is 5.46. The topological polar surface area (TPSA) is 18.1 Å². The van der Waals surface area contributed by atoms with E-state index < -0.39 is 0 Å². The third-order valence-electron chi connectivity index (χ3n) is 9.15. The largest absolute Gasteiger partial charge is 0.456 e. The Morgan fingerprint density at radius 3 is 2.19 bits per heavy atom. The Balaban J connectivity index is 1.53. The predicted molar refractivity (Wildman–Crippen MR) is 128 cm³/mol. The minimum Gasteiger partial charge on any atom is -0.456 e. The van der Waals surface area contributed by atoms with Gasteiger partial charge in [0.2, 0.25) is 0 Å². The van der Waals surface area contributed by atoms with Gasteiger partial charge in [-0.05, 0) is 91.5 Å². The molecule has 4 bridgehead atoms. The van der Waals surface area contributed by atoms with Crippen molar-refractivity contribution in [2.24, 2.45) is 24.8 Å². The number of aryl methyl sites for hydroxylation is 1. The Morgan fingerprint density at radius 1 is 0.710 bits per heavy atom. The molecule has 3 aromatic carbocycles. The van der Waals surface area contributed by atoms with Crippen LogP contribution in [0.1, 0.15) is 44.1 Å². The summed E-state index contributed by atoms with van der Waals surface area (Å²) in [5.41, 5.74) is 6.66. The Kier molecular flexibility index (Phi) is 3.02. The molecule has 2 heterocycles. The van der Waals surface area contributed by atoms with E-state index in [4.69, 9.17) is 4.42 Å². The van der Waals surface area contributed by atoms with Crippen LogP contribution in [0.5, 0.6) is 0 Å². The molecule has 31 heavy (non-hydrogen) atoms. The lowest BCUT2D eigenvalue weighted by Gasteiger charge is -2.57. The molecule has 0 N–H and O–H groups in total. The van der Waals surface area contributed by atoms with Crippen molar-refractivity contribution >= 4 is 43.7 Å². The molecule has 4 fully saturated rings. The summed E-state index contributed by atoms with van der Waals surface area (Å²) in [6, 6.07) is 20.2. The van der Waals surface area contributed by atoms with Crippen molar-refractivity contribution in [3.63, 3.8) is 0 Å². The number of rotatable bonds is 1. The molecule has 0 saturated heterocycles. The van der Waals surface area contributed by atoms with Crippen LogP contribution in [0.25, 0.3) is 43.7 Å². The maximum atomic E-state index is 6.51. The highest BCUT2D eigenvalue weighted by Gasteiger charge is 2.52. The molecule has 0 aliphatic heterocycles. The lowest BCUT2D eigenvalue weighted by atomic mass is 9.48. The number of hydrogen-bond acceptors (Lipinski definition) is 1. The third-order valence-corrected chi connectivity index (χ3v) is 9.15. The van der Waals surface area contributed by atoms with Crippen LogP contribution in [0, 0.1) is 17.8 Å². The second kappa shape index (κ2) is 5.54. The Hall–Kier alpha value is -2.74. The molecule has 5 aromatic rings. The Morgan fingerprint density at radius 2 is 1.42 bits per heavy atom. The summed E-state index contributed by atoms with van der Waals surface area (Å²) in [4.78, 5) is 0. The molecule has 2 nitrogen and oxygen atoms in total. The van der Waals surface area contributed by atoms with Crippen LogP contribution < -0.4 is 0 Å². The Bertz CT molecular complexity index is 1500. The summed E-state index contributed by atoms with van der Waals surface area (Å²) in [7, 11) is 2.19. The molecule has 2 aromatic heterocycles. The first kappa shape index (κ1) is 16.9. The van der Waals surface area contributed by atoms with Crippen LogP contribution in [0.4, 0.5) is 0 Å². The van der Waals surface area contributed by atoms with Crippen LogP contribution in [0.3, 0.4) is 0 Å². The zero-order chi connectivity index (χ0) is 20.3. The first-order chi connectivity index (χ1) is 15.2. The third kappa shape index (κ3) is 2.04. The van der Waals surface area contributed by atoms with Gasteiger partial charge in [-0.15, -0.1) is 0 Å². The van der Waals surface area contributed by atoms with E-state index in [9.17, 15) is 0 Å². The lowest BCUT2D eigenvalue weighted by molar-refractivity contribution is -0.00447. The molecule has 0 amide bonds. The molecule has 0 radical (unpaired) electrons. The minimum atomic E-state index is 0.359. The zero-order valence-electron chi connectivity index (χ0n) is 18.0. The van der Waals surface area contributed by atoms with Gasteiger partial charge in [0.15, 0.2) is 0 Å². The Labute approximate surface area is 181 Å². The van der Waals surface area contributed by atoms with E-state index in [1.165, 1.54) is 71.1 Å². The molecule has 4 aliphatic carbocycles. The number of furan rings is 1. The highest BCUT2D eigenvalue weighted by atomic mass is 16.3. The van der Waals surface area contributed by atoms with E-state index in [0.29, 0.717) is 5.41 Å². The van der Waals surface area contributed by atoms with Crippen LogP contribution in [0.2, 0.25) is 0 Å². The van der Waals surface area contributed by atoms with Crippen LogP contribution in [-0.4, -0.2) is 4.57 Å². The lowest BCUT2D eigenvalue weighted by Crippen LogP contribution is -2.48. The van der Waals surface area contributed by atoms with E-state index in [-0.39, 0.29) is 0 Å². The number of nitrogens with zero attached hydrogens (tertiary/aromatic N) is 1.